The van der Waals surface area contributed by atoms with Gasteiger partial charge in [-0.15, -0.1) is 0 Å². The lowest BCUT2D eigenvalue weighted by atomic mass is 9.99. The monoisotopic (exact) mass is 499 g/mol. The third-order valence-corrected chi connectivity index (χ3v) is 6.68. The first-order chi connectivity index (χ1) is 17.0. The Hall–Kier alpha value is -3.79. The van der Waals surface area contributed by atoms with Gasteiger partial charge >= 0.3 is 0 Å². The fourth-order valence-electron chi connectivity index (χ4n) is 3.47. The maximum Gasteiger partial charge on any atom is 0.237 e. The van der Waals surface area contributed by atoms with Crippen LogP contribution < -0.4 is 10.1 Å². The number of hydrogen-bond donors (Lipinski definition) is 1. The van der Waals surface area contributed by atoms with Crippen molar-refractivity contribution < 1.29 is 9.53 Å². The lowest BCUT2D eigenvalue weighted by molar-refractivity contribution is -0.115. The van der Waals surface area contributed by atoms with Crippen molar-refractivity contribution >= 4 is 35.0 Å². The third-order valence-electron chi connectivity index (χ3n) is 5.34. The van der Waals surface area contributed by atoms with Gasteiger partial charge in [0, 0.05) is 21.8 Å². The summed E-state index contributed by atoms with van der Waals surface area (Å²) in [4.78, 5) is 17.7. The van der Waals surface area contributed by atoms with Gasteiger partial charge in [-0.1, -0.05) is 53.7 Å². The van der Waals surface area contributed by atoms with Crippen LogP contribution in [0.2, 0.25) is 5.02 Å². The molecule has 7 heteroatoms. The molecule has 0 aliphatic rings. The number of amides is 1. The highest BCUT2D eigenvalue weighted by Gasteiger charge is 2.21. The topological polar surface area (TPSA) is 75.0 Å². The van der Waals surface area contributed by atoms with Crippen LogP contribution in [0.25, 0.3) is 22.4 Å². The molecule has 174 valence electrons. The number of ether oxygens (including phenoxy) is 1. The van der Waals surface area contributed by atoms with Gasteiger partial charge in [-0.25, -0.2) is 4.98 Å². The SMILES string of the molecule is COc1ccc(-c2cc(-c3ccc(Cl)cc3)c(C#N)c(S[C@@H](C)C(=O)Nc3ccccc3)n2)cc1. The van der Waals surface area contributed by atoms with E-state index in [0.717, 1.165) is 22.4 Å². The van der Waals surface area contributed by atoms with Crippen LogP contribution in [0.15, 0.2) is 90.0 Å². The first-order valence-electron chi connectivity index (χ1n) is 10.9. The van der Waals surface area contributed by atoms with Gasteiger partial charge in [0.25, 0.3) is 0 Å². The number of para-hydroxylation sites is 1. The van der Waals surface area contributed by atoms with Crippen molar-refractivity contribution in [1.82, 2.24) is 4.98 Å². The molecule has 4 rings (SSSR count). The van der Waals surface area contributed by atoms with E-state index in [2.05, 4.69) is 11.4 Å². The average molecular weight is 500 g/mol. The van der Waals surface area contributed by atoms with Crippen LogP contribution in [-0.2, 0) is 4.79 Å². The third kappa shape index (κ3) is 5.83. The highest BCUT2D eigenvalue weighted by Crippen LogP contribution is 2.36. The van der Waals surface area contributed by atoms with E-state index >= 15 is 0 Å². The second kappa shape index (κ2) is 11.1. The normalized spacial score (nSPS) is 11.4. The second-order valence-electron chi connectivity index (χ2n) is 7.70. The Bertz CT molecular complexity index is 1370. The quantitative estimate of drug-likeness (QED) is 0.275. The molecule has 0 bridgehead atoms. The molecule has 5 nitrogen and oxygen atoms in total. The Balaban J connectivity index is 1.75. The molecule has 35 heavy (non-hydrogen) atoms. The van der Waals surface area contributed by atoms with E-state index < -0.39 is 5.25 Å². The Kier molecular flexibility index (Phi) is 7.71. The molecule has 1 heterocycles. The number of methoxy groups -OCH3 is 1. The summed E-state index contributed by atoms with van der Waals surface area (Å²) in [7, 11) is 1.62. The molecule has 4 aromatic rings. The van der Waals surface area contributed by atoms with Gasteiger partial charge in [0.2, 0.25) is 5.91 Å². The number of halogens is 1. The molecule has 0 saturated carbocycles. The van der Waals surface area contributed by atoms with Crippen molar-refractivity contribution in [1.29, 1.82) is 5.26 Å². The molecule has 1 N–H and O–H groups in total. The number of anilines is 1. The predicted octanol–water partition coefficient (Wildman–Crippen LogP) is 7.07. The number of thioether (sulfide) groups is 1. The minimum Gasteiger partial charge on any atom is -0.497 e. The van der Waals surface area contributed by atoms with Gasteiger partial charge < -0.3 is 10.1 Å². The number of carbonyl (C=O) groups excluding carboxylic acids is 1. The van der Waals surface area contributed by atoms with Crippen LogP contribution in [0.3, 0.4) is 0 Å². The van der Waals surface area contributed by atoms with Crippen LogP contribution in [0.1, 0.15) is 12.5 Å². The Morgan fingerprint density at radius 3 is 2.31 bits per heavy atom. The highest BCUT2D eigenvalue weighted by molar-refractivity contribution is 8.00. The number of nitrogens with zero attached hydrogens (tertiary/aromatic N) is 2. The first kappa shape index (κ1) is 24.3. The van der Waals surface area contributed by atoms with Crippen LogP contribution in [-0.4, -0.2) is 23.3 Å². The molecule has 0 radical (unpaired) electrons. The van der Waals surface area contributed by atoms with Crippen molar-refractivity contribution in [3.63, 3.8) is 0 Å². The summed E-state index contributed by atoms with van der Waals surface area (Å²) < 4.78 is 5.27. The van der Waals surface area contributed by atoms with Crippen molar-refractivity contribution in [2.75, 3.05) is 12.4 Å². The summed E-state index contributed by atoms with van der Waals surface area (Å²) in [5.41, 5.74) is 4.25. The van der Waals surface area contributed by atoms with Crippen molar-refractivity contribution in [3.05, 3.63) is 95.5 Å². The number of benzene rings is 3. The van der Waals surface area contributed by atoms with Gasteiger partial charge in [-0.3, -0.25) is 4.79 Å². The van der Waals surface area contributed by atoms with Gasteiger partial charge in [0.15, 0.2) is 0 Å². The summed E-state index contributed by atoms with van der Waals surface area (Å²) >= 11 is 7.35. The lowest BCUT2D eigenvalue weighted by Crippen LogP contribution is -2.22. The van der Waals surface area contributed by atoms with E-state index in [4.69, 9.17) is 21.3 Å². The van der Waals surface area contributed by atoms with E-state index in [1.54, 1.807) is 26.2 Å². The predicted molar refractivity (Wildman–Crippen MR) is 142 cm³/mol. The Morgan fingerprint density at radius 2 is 1.69 bits per heavy atom. The van der Waals surface area contributed by atoms with E-state index in [1.807, 2.05) is 72.8 Å². The number of nitrogens with one attached hydrogen (secondary N) is 1. The molecule has 0 unspecified atom stereocenters. The van der Waals surface area contributed by atoms with Gasteiger partial charge in [-0.2, -0.15) is 5.26 Å². The van der Waals surface area contributed by atoms with Gasteiger partial charge in [0.1, 0.15) is 16.8 Å². The Labute approximate surface area is 213 Å². The largest absolute Gasteiger partial charge is 0.497 e. The lowest BCUT2D eigenvalue weighted by Gasteiger charge is -2.16. The van der Waals surface area contributed by atoms with Crippen LogP contribution in [0, 0.1) is 11.3 Å². The van der Waals surface area contributed by atoms with E-state index in [9.17, 15) is 10.1 Å². The van der Waals surface area contributed by atoms with E-state index in [1.165, 1.54) is 11.8 Å². The zero-order chi connectivity index (χ0) is 24.8. The number of pyridine rings is 1. The molecule has 0 saturated heterocycles. The molecule has 0 fully saturated rings. The molecule has 1 aromatic heterocycles. The van der Waals surface area contributed by atoms with Crippen LogP contribution >= 0.6 is 23.4 Å². The zero-order valence-corrected chi connectivity index (χ0v) is 20.7. The number of hydrogen-bond acceptors (Lipinski definition) is 5. The van der Waals surface area contributed by atoms with Gasteiger partial charge in [-0.05, 0) is 67.1 Å². The summed E-state index contributed by atoms with van der Waals surface area (Å²) in [6, 6.07) is 28.3. The molecular weight excluding hydrogens is 478 g/mol. The Morgan fingerprint density at radius 1 is 1.03 bits per heavy atom. The zero-order valence-electron chi connectivity index (χ0n) is 19.2. The molecular formula is C28H22ClN3O2S. The number of carbonyl (C=O) groups is 1. The first-order valence-corrected chi connectivity index (χ1v) is 12.1. The standard InChI is InChI=1S/C28H22ClN3O2S/c1-18(27(33)31-22-6-4-3-5-7-22)35-28-25(17-30)24(19-8-12-21(29)13-9-19)16-26(32-28)20-10-14-23(34-2)15-11-20/h3-16,18H,1-2H3,(H,31,33)/t18-/m0/s1. The molecule has 0 spiro atoms. The van der Waals surface area contributed by atoms with E-state index in [0.29, 0.717) is 27.0 Å². The van der Waals surface area contributed by atoms with Crippen LogP contribution in [0.5, 0.6) is 5.75 Å². The van der Waals surface area contributed by atoms with Crippen molar-refractivity contribution in [3.8, 4) is 34.2 Å². The molecule has 3 aromatic carbocycles. The summed E-state index contributed by atoms with van der Waals surface area (Å²) in [5.74, 6) is 0.566. The maximum atomic E-state index is 12.9. The van der Waals surface area contributed by atoms with Crippen molar-refractivity contribution in [2.45, 2.75) is 17.2 Å². The maximum absolute atomic E-state index is 12.9. The minimum absolute atomic E-state index is 0.171. The molecule has 0 aliphatic heterocycles. The average Bonchev–Trinajstić information content (AvgIpc) is 2.89. The smallest absolute Gasteiger partial charge is 0.237 e. The number of rotatable bonds is 7. The summed E-state index contributed by atoms with van der Waals surface area (Å²) in [6.45, 7) is 1.80. The fourth-order valence-corrected chi connectivity index (χ4v) is 4.52. The number of nitriles is 1. The summed E-state index contributed by atoms with van der Waals surface area (Å²) in [5, 5.41) is 13.6. The van der Waals surface area contributed by atoms with Gasteiger partial charge in [0.05, 0.1) is 23.6 Å². The minimum atomic E-state index is -0.487. The number of aromatic nitrogens is 1. The molecule has 1 amide bonds. The second-order valence-corrected chi connectivity index (χ2v) is 9.46. The summed E-state index contributed by atoms with van der Waals surface area (Å²) in [6.07, 6.45) is 0. The van der Waals surface area contributed by atoms with Crippen molar-refractivity contribution in [2.24, 2.45) is 0 Å². The molecule has 1 atom stereocenters. The van der Waals surface area contributed by atoms with E-state index in [-0.39, 0.29) is 5.91 Å². The van der Waals surface area contributed by atoms with Crippen LogP contribution in [0.4, 0.5) is 5.69 Å². The fraction of sp³-hybridized carbons (Fsp3) is 0.107. The molecule has 0 aliphatic carbocycles. The highest BCUT2D eigenvalue weighted by atomic mass is 35.5.